The fraction of sp³-hybridized carbons (Fsp3) is 0.364. The minimum absolute atomic E-state index is 0.595. The number of hydrogen-bond donors (Lipinski definition) is 0. The normalized spacial score (nSPS) is 15.4. The minimum atomic E-state index is -0.595. The Morgan fingerprint density at radius 3 is 2.42 bits per heavy atom. The zero-order valence-electron chi connectivity index (χ0n) is 16.2. The van der Waals surface area contributed by atoms with Gasteiger partial charge in [-0.25, -0.2) is 0 Å². The highest BCUT2D eigenvalue weighted by Crippen LogP contribution is 2.40. The molecule has 3 rings (SSSR count). The van der Waals surface area contributed by atoms with Crippen LogP contribution in [-0.2, 0) is 0 Å². The van der Waals surface area contributed by atoms with Gasteiger partial charge in [-0.1, -0.05) is 24.3 Å². The van der Waals surface area contributed by atoms with Crippen LogP contribution in [-0.4, -0.2) is 37.9 Å². The summed E-state index contributed by atoms with van der Waals surface area (Å²) in [6.07, 6.45) is 2.15. The maximum atomic E-state index is 5.82. The molecule has 0 unspecified atom stereocenters. The molecule has 2 aromatic carbocycles. The summed E-state index contributed by atoms with van der Waals surface area (Å²) in [4.78, 5) is 2.10. The van der Waals surface area contributed by atoms with E-state index in [0.717, 1.165) is 29.4 Å². The van der Waals surface area contributed by atoms with E-state index in [2.05, 4.69) is 30.0 Å². The van der Waals surface area contributed by atoms with Gasteiger partial charge in [-0.2, -0.15) is 0 Å². The van der Waals surface area contributed by atoms with Crippen LogP contribution in [0.1, 0.15) is 31.9 Å². The van der Waals surface area contributed by atoms with Crippen molar-refractivity contribution in [1.82, 2.24) is 4.90 Å². The summed E-state index contributed by atoms with van der Waals surface area (Å²) >= 11 is 0. The first kappa shape index (κ1) is 18.3. The van der Waals surface area contributed by atoms with Crippen molar-refractivity contribution < 1.29 is 14.2 Å². The van der Waals surface area contributed by atoms with Gasteiger partial charge in [0.1, 0.15) is 12.4 Å². The Balaban J connectivity index is 1.68. The smallest absolute Gasteiger partial charge is 0.246 e. The van der Waals surface area contributed by atoms with Gasteiger partial charge in [0.15, 0.2) is 11.5 Å². The average molecular weight is 353 g/mol. The van der Waals surface area contributed by atoms with Gasteiger partial charge in [0.05, 0.1) is 0 Å². The van der Waals surface area contributed by atoms with Gasteiger partial charge in [-0.05, 0) is 62.0 Å². The lowest BCUT2D eigenvalue weighted by molar-refractivity contribution is -0.0431. The number of benzene rings is 2. The number of fused-ring (bicyclic) bond motifs is 1. The standard InChI is InChI=1S/C22H27NO3/c1-16(18-7-9-19(10-8-18)24-13-12-23(4)5)14-17-6-11-20-21(15-17)26-22(2,3)25-20/h6-11,14-15H,12-13H2,1-5H3. The summed E-state index contributed by atoms with van der Waals surface area (Å²) < 4.78 is 17.3. The van der Waals surface area contributed by atoms with E-state index in [1.54, 1.807) is 0 Å². The number of ether oxygens (including phenoxy) is 3. The second-order valence-corrected chi connectivity index (χ2v) is 7.31. The highest BCUT2D eigenvalue weighted by atomic mass is 16.7. The minimum Gasteiger partial charge on any atom is -0.492 e. The summed E-state index contributed by atoms with van der Waals surface area (Å²) in [5.74, 6) is 1.89. The molecule has 2 aromatic rings. The van der Waals surface area contributed by atoms with E-state index in [4.69, 9.17) is 14.2 Å². The van der Waals surface area contributed by atoms with Crippen molar-refractivity contribution in [2.45, 2.75) is 26.6 Å². The summed E-state index contributed by atoms with van der Waals surface area (Å²) in [7, 11) is 4.08. The second-order valence-electron chi connectivity index (χ2n) is 7.31. The first-order valence-electron chi connectivity index (χ1n) is 8.91. The van der Waals surface area contributed by atoms with E-state index in [-0.39, 0.29) is 0 Å². The van der Waals surface area contributed by atoms with Crippen molar-refractivity contribution in [3.63, 3.8) is 0 Å². The molecule has 4 heteroatoms. The molecule has 0 atom stereocenters. The summed E-state index contributed by atoms with van der Waals surface area (Å²) in [5.41, 5.74) is 3.44. The Labute approximate surface area is 156 Å². The van der Waals surface area contributed by atoms with Crippen molar-refractivity contribution in [3.05, 3.63) is 53.6 Å². The largest absolute Gasteiger partial charge is 0.492 e. The van der Waals surface area contributed by atoms with Crippen LogP contribution in [0.5, 0.6) is 17.2 Å². The average Bonchev–Trinajstić information content (AvgIpc) is 2.88. The number of nitrogens with zero attached hydrogens (tertiary/aromatic N) is 1. The summed E-state index contributed by atoms with van der Waals surface area (Å²) in [6.45, 7) is 7.53. The lowest BCUT2D eigenvalue weighted by Gasteiger charge is -2.16. The monoisotopic (exact) mass is 353 g/mol. The molecule has 0 fully saturated rings. The molecule has 26 heavy (non-hydrogen) atoms. The molecule has 0 N–H and O–H groups in total. The van der Waals surface area contributed by atoms with Crippen molar-refractivity contribution in [2.24, 2.45) is 0 Å². The molecule has 138 valence electrons. The lowest BCUT2D eigenvalue weighted by Crippen LogP contribution is -2.29. The number of allylic oxidation sites excluding steroid dienone is 1. The fourth-order valence-corrected chi connectivity index (χ4v) is 2.82. The summed E-state index contributed by atoms with van der Waals surface area (Å²) in [5, 5.41) is 0. The number of hydrogen-bond acceptors (Lipinski definition) is 4. The molecule has 1 aliphatic rings. The van der Waals surface area contributed by atoms with Crippen LogP contribution in [0, 0.1) is 0 Å². The SMILES string of the molecule is CC(=Cc1ccc2c(c1)OC(C)(C)O2)c1ccc(OCCN(C)C)cc1. The van der Waals surface area contributed by atoms with Gasteiger partial charge in [0.2, 0.25) is 5.79 Å². The van der Waals surface area contributed by atoms with Gasteiger partial charge in [-0.15, -0.1) is 0 Å². The fourth-order valence-electron chi connectivity index (χ4n) is 2.82. The van der Waals surface area contributed by atoms with E-state index >= 15 is 0 Å². The molecule has 0 bridgehead atoms. The van der Waals surface area contributed by atoms with Gasteiger partial charge in [0.25, 0.3) is 0 Å². The molecule has 1 heterocycles. The molecule has 0 saturated carbocycles. The van der Waals surface area contributed by atoms with Crippen molar-refractivity contribution in [2.75, 3.05) is 27.2 Å². The van der Waals surface area contributed by atoms with Crippen LogP contribution < -0.4 is 14.2 Å². The van der Waals surface area contributed by atoms with Crippen molar-refractivity contribution >= 4 is 11.6 Å². The number of likely N-dealkylation sites (N-methyl/N-ethyl adjacent to an activating group) is 1. The van der Waals surface area contributed by atoms with E-state index < -0.39 is 5.79 Å². The molecule has 4 nitrogen and oxygen atoms in total. The van der Waals surface area contributed by atoms with Gasteiger partial charge in [-0.3, -0.25) is 0 Å². The third-order valence-corrected chi connectivity index (χ3v) is 4.18. The molecule has 0 aromatic heterocycles. The maximum Gasteiger partial charge on any atom is 0.246 e. The first-order chi connectivity index (χ1) is 12.3. The zero-order chi connectivity index (χ0) is 18.7. The third-order valence-electron chi connectivity index (χ3n) is 4.18. The van der Waals surface area contributed by atoms with Crippen LogP contribution in [0.15, 0.2) is 42.5 Å². The lowest BCUT2D eigenvalue weighted by atomic mass is 10.0. The van der Waals surface area contributed by atoms with Crippen LogP contribution in [0.25, 0.3) is 11.6 Å². The van der Waals surface area contributed by atoms with Crippen molar-refractivity contribution in [3.8, 4) is 17.2 Å². The Kier molecular flexibility index (Phi) is 5.23. The van der Waals surface area contributed by atoms with E-state index in [1.807, 2.05) is 58.3 Å². The molecule has 1 aliphatic heterocycles. The summed E-state index contributed by atoms with van der Waals surface area (Å²) in [6, 6.07) is 14.2. The molecule has 0 aliphatic carbocycles. The molecule has 0 radical (unpaired) electrons. The Bertz CT molecular complexity index is 792. The molecule has 0 spiro atoms. The Hall–Kier alpha value is -2.46. The highest BCUT2D eigenvalue weighted by Gasteiger charge is 2.31. The Morgan fingerprint density at radius 1 is 1.04 bits per heavy atom. The highest BCUT2D eigenvalue weighted by molar-refractivity contribution is 5.81. The maximum absolute atomic E-state index is 5.82. The molecule has 0 amide bonds. The van der Waals surface area contributed by atoms with Crippen molar-refractivity contribution in [1.29, 1.82) is 0 Å². The van der Waals surface area contributed by atoms with Crippen LogP contribution in [0.2, 0.25) is 0 Å². The third kappa shape index (κ3) is 4.58. The van der Waals surface area contributed by atoms with Gasteiger partial charge >= 0.3 is 0 Å². The van der Waals surface area contributed by atoms with E-state index in [1.165, 1.54) is 11.1 Å². The van der Waals surface area contributed by atoms with Crippen LogP contribution in [0.3, 0.4) is 0 Å². The quantitative estimate of drug-likeness (QED) is 0.705. The molecular formula is C22H27NO3. The predicted molar refractivity (Wildman–Crippen MR) is 106 cm³/mol. The second kappa shape index (κ2) is 7.42. The molecular weight excluding hydrogens is 326 g/mol. The Morgan fingerprint density at radius 2 is 1.73 bits per heavy atom. The number of rotatable bonds is 6. The zero-order valence-corrected chi connectivity index (χ0v) is 16.2. The van der Waals surface area contributed by atoms with Crippen LogP contribution in [0.4, 0.5) is 0 Å². The van der Waals surface area contributed by atoms with E-state index in [9.17, 15) is 0 Å². The van der Waals surface area contributed by atoms with Gasteiger partial charge in [0, 0.05) is 20.4 Å². The van der Waals surface area contributed by atoms with E-state index in [0.29, 0.717) is 6.61 Å². The predicted octanol–water partition coefficient (Wildman–Crippen LogP) is 4.69. The molecule has 0 saturated heterocycles. The van der Waals surface area contributed by atoms with Gasteiger partial charge < -0.3 is 19.1 Å². The van der Waals surface area contributed by atoms with Crippen LogP contribution >= 0.6 is 0 Å². The topological polar surface area (TPSA) is 30.9 Å². The first-order valence-corrected chi connectivity index (χ1v) is 8.91.